The normalized spacial score (nSPS) is 15.0. The molecule has 0 saturated carbocycles. The number of carboxylic acids is 1. The molecule has 0 aliphatic rings. The molecular formula is C15H21FN2O3. The molecule has 2 atom stereocenters. The number of benzene rings is 1. The Balaban J connectivity index is 2.54. The van der Waals surface area contributed by atoms with Crippen molar-refractivity contribution in [2.24, 2.45) is 0 Å². The first-order valence-corrected chi connectivity index (χ1v) is 6.81. The van der Waals surface area contributed by atoms with Crippen molar-refractivity contribution in [3.8, 4) is 0 Å². The highest BCUT2D eigenvalue weighted by atomic mass is 19.1. The quantitative estimate of drug-likeness (QED) is 0.717. The zero-order valence-electron chi connectivity index (χ0n) is 12.4. The summed E-state index contributed by atoms with van der Waals surface area (Å²) in [5, 5.41) is 14.6. The lowest BCUT2D eigenvalue weighted by atomic mass is 9.99. The van der Waals surface area contributed by atoms with Gasteiger partial charge in [0.2, 0.25) is 5.91 Å². The first-order valence-electron chi connectivity index (χ1n) is 6.81. The lowest BCUT2D eigenvalue weighted by molar-refractivity contribution is -0.144. The van der Waals surface area contributed by atoms with Gasteiger partial charge in [-0.2, -0.15) is 0 Å². The molecule has 6 heteroatoms. The van der Waals surface area contributed by atoms with Crippen molar-refractivity contribution in [3.63, 3.8) is 0 Å². The second-order valence-corrected chi connectivity index (χ2v) is 5.19. The Morgan fingerprint density at radius 2 is 1.90 bits per heavy atom. The molecule has 0 bridgehead atoms. The topological polar surface area (TPSA) is 78.4 Å². The average Bonchev–Trinajstić information content (AvgIpc) is 2.45. The Morgan fingerprint density at radius 3 is 2.38 bits per heavy atom. The van der Waals surface area contributed by atoms with E-state index in [1.54, 1.807) is 26.0 Å². The van der Waals surface area contributed by atoms with Crippen molar-refractivity contribution in [3.05, 3.63) is 35.6 Å². The van der Waals surface area contributed by atoms with Gasteiger partial charge in [0.1, 0.15) is 11.4 Å². The molecule has 21 heavy (non-hydrogen) atoms. The molecule has 0 heterocycles. The maximum Gasteiger partial charge on any atom is 0.323 e. The highest BCUT2D eigenvalue weighted by Gasteiger charge is 2.30. The van der Waals surface area contributed by atoms with E-state index in [0.717, 1.165) is 5.56 Å². The van der Waals surface area contributed by atoms with Crippen molar-refractivity contribution in [2.75, 3.05) is 6.54 Å². The molecule has 0 radical (unpaired) electrons. The molecule has 1 amide bonds. The van der Waals surface area contributed by atoms with Crippen LogP contribution in [0.3, 0.4) is 0 Å². The zero-order valence-corrected chi connectivity index (χ0v) is 12.4. The fourth-order valence-corrected chi connectivity index (χ4v) is 1.75. The summed E-state index contributed by atoms with van der Waals surface area (Å²) in [5.74, 6) is -1.64. The van der Waals surface area contributed by atoms with Gasteiger partial charge in [0.05, 0.1) is 12.6 Å². The molecule has 3 N–H and O–H groups in total. The van der Waals surface area contributed by atoms with Crippen molar-refractivity contribution in [1.29, 1.82) is 0 Å². The maximum atomic E-state index is 12.8. The van der Waals surface area contributed by atoms with Gasteiger partial charge in [0.25, 0.3) is 0 Å². The third-order valence-corrected chi connectivity index (χ3v) is 3.57. The van der Waals surface area contributed by atoms with Crippen molar-refractivity contribution < 1.29 is 19.1 Å². The van der Waals surface area contributed by atoms with Crippen LogP contribution in [0.25, 0.3) is 0 Å². The van der Waals surface area contributed by atoms with Crippen molar-refractivity contribution in [1.82, 2.24) is 10.6 Å². The summed E-state index contributed by atoms with van der Waals surface area (Å²) in [6, 6.07) is 5.57. The fraction of sp³-hybridized carbons (Fsp3) is 0.467. The van der Waals surface area contributed by atoms with Crippen LogP contribution < -0.4 is 10.6 Å². The molecule has 2 unspecified atom stereocenters. The number of rotatable bonds is 7. The van der Waals surface area contributed by atoms with E-state index in [1.165, 1.54) is 19.1 Å². The lowest BCUT2D eigenvalue weighted by Gasteiger charge is -2.25. The van der Waals surface area contributed by atoms with E-state index in [1.807, 2.05) is 0 Å². The molecule has 0 aliphatic carbocycles. The molecule has 0 fully saturated rings. The van der Waals surface area contributed by atoms with Gasteiger partial charge in [0.15, 0.2) is 0 Å². The third-order valence-electron chi connectivity index (χ3n) is 3.57. The minimum atomic E-state index is -1.13. The van der Waals surface area contributed by atoms with E-state index in [2.05, 4.69) is 10.6 Å². The Hall–Kier alpha value is -1.95. The average molecular weight is 296 g/mol. The third kappa shape index (κ3) is 4.82. The number of halogens is 1. The number of carbonyl (C=O) groups excluding carboxylic acids is 1. The van der Waals surface area contributed by atoms with E-state index < -0.39 is 11.5 Å². The molecule has 5 nitrogen and oxygen atoms in total. The largest absolute Gasteiger partial charge is 0.480 e. The number of carbonyl (C=O) groups is 2. The van der Waals surface area contributed by atoms with Crippen LogP contribution in [0, 0.1) is 5.82 Å². The molecule has 0 aliphatic heterocycles. The van der Waals surface area contributed by atoms with Crippen LogP contribution in [0.2, 0.25) is 0 Å². The van der Waals surface area contributed by atoms with E-state index in [-0.39, 0.29) is 24.3 Å². The molecule has 116 valence electrons. The standard InChI is InChI=1S/C15H21FN2O3/c1-4-15(3,14(20)21)17-9-13(19)18-10(2)11-5-7-12(16)8-6-11/h5-8,10,17H,4,9H2,1-3H3,(H,18,19)(H,20,21). The monoisotopic (exact) mass is 296 g/mol. The predicted octanol–water partition coefficient (Wildman–Crippen LogP) is 1.85. The van der Waals surface area contributed by atoms with Gasteiger partial charge in [-0.05, 0) is 38.0 Å². The summed E-state index contributed by atoms with van der Waals surface area (Å²) in [5.41, 5.74) is -0.350. The van der Waals surface area contributed by atoms with Crippen molar-refractivity contribution >= 4 is 11.9 Å². The minimum Gasteiger partial charge on any atom is -0.480 e. The van der Waals surface area contributed by atoms with Gasteiger partial charge >= 0.3 is 5.97 Å². The summed E-state index contributed by atoms with van der Waals surface area (Å²) in [6.07, 6.45) is 0.364. The number of nitrogens with one attached hydrogen (secondary N) is 2. The van der Waals surface area contributed by atoms with Gasteiger partial charge in [-0.15, -0.1) is 0 Å². The van der Waals surface area contributed by atoms with Gasteiger partial charge in [-0.3, -0.25) is 14.9 Å². The van der Waals surface area contributed by atoms with E-state index in [0.29, 0.717) is 6.42 Å². The minimum absolute atomic E-state index is 0.0951. The summed E-state index contributed by atoms with van der Waals surface area (Å²) in [4.78, 5) is 22.9. The maximum absolute atomic E-state index is 12.8. The Bertz CT molecular complexity index is 504. The summed E-state index contributed by atoms with van der Waals surface area (Å²) in [6.45, 7) is 4.95. The number of aliphatic carboxylic acids is 1. The number of hydrogen-bond acceptors (Lipinski definition) is 3. The molecule has 1 aromatic rings. The van der Waals surface area contributed by atoms with Crippen LogP contribution in [0.15, 0.2) is 24.3 Å². The van der Waals surface area contributed by atoms with Gasteiger partial charge in [0, 0.05) is 0 Å². The van der Waals surface area contributed by atoms with Crippen LogP contribution in [-0.4, -0.2) is 29.1 Å². The van der Waals surface area contributed by atoms with Gasteiger partial charge in [-0.1, -0.05) is 19.1 Å². The Kier molecular flexibility index (Phi) is 5.84. The number of amides is 1. The first-order chi connectivity index (χ1) is 9.78. The van der Waals surface area contributed by atoms with Gasteiger partial charge < -0.3 is 10.4 Å². The van der Waals surface area contributed by atoms with Crippen LogP contribution in [0.1, 0.15) is 38.8 Å². The van der Waals surface area contributed by atoms with Crippen molar-refractivity contribution in [2.45, 2.75) is 38.8 Å². The van der Waals surface area contributed by atoms with E-state index in [4.69, 9.17) is 5.11 Å². The van der Waals surface area contributed by atoms with Crippen LogP contribution in [0.5, 0.6) is 0 Å². The van der Waals surface area contributed by atoms with Crippen LogP contribution in [-0.2, 0) is 9.59 Å². The van der Waals surface area contributed by atoms with Crippen LogP contribution in [0.4, 0.5) is 4.39 Å². The SMILES string of the molecule is CCC(C)(NCC(=O)NC(C)c1ccc(F)cc1)C(=O)O. The number of hydrogen-bond donors (Lipinski definition) is 3. The molecule has 0 aromatic heterocycles. The second kappa shape index (κ2) is 7.17. The summed E-state index contributed by atoms with van der Waals surface area (Å²) < 4.78 is 12.8. The Morgan fingerprint density at radius 1 is 1.33 bits per heavy atom. The lowest BCUT2D eigenvalue weighted by Crippen LogP contribution is -2.52. The molecular weight excluding hydrogens is 275 g/mol. The highest BCUT2D eigenvalue weighted by Crippen LogP contribution is 2.13. The molecule has 1 aromatic carbocycles. The Labute approximate surface area is 123 Å². The van der Waals surface area contributed by atoms with Crippen LogP contribution >= 0.6 is 0 Å². The molecule has 0 saturated heterocycles. The summed E-state index contributed by atoms with van der Waals surface area (Å²) in [7, 11) is 0. The van der Waals surface area contributed by atoms with E-state index >= 15 is 0 Å². The van der Waals surface area contributed by atoms with E-state index in [9.17, 15) is 14.0 Å². The summed E-state index contributed by atoms with van der Waals surface area (Å²) >= 11 is 0. The number of carboxylic acid groups (broad SMARTS) is 1. The highest BCUT2D eigenvalue weighted by molar-refractivity contribution is 5.82. The first kappa shape index (κ1) is 17.1. The molecule has 1 rings (SSSR count). The second-order valence-electron chi connectivity index (χ2n) is 5.19. The smallest absolute Gasteiger partial charge is 0.323 e. The molecule has 0 spiro atoms. The fourth-order valence-electron chi connectivity index (χ4n) is 1.75. The predicted molar refractivity (Wildman–Crippen MR) is 77.3 cm³/mol. The van der Waals surface area contributed by atoms with Gasteiger partial charge in [-0.25, -0.2) is 4.39 Å². The zero-order chi connectivity index (χ0) is 16.0.